The van der Waals surface area contributed by atoms with Gasteiger partial charge in [0.05, 0.1) is 23.8 Å². The molecule has 1 unspecified atom stereocenters. The van der Waals surface area contributed by atoms with Crippen LogP contribution in [0.3, 0.4) is 0 Å². The van der Waals surface area contributed by atoms with E-state index in [-0.39, 0.29) is 0 Å². The SMILES string of the molecule is CCOC/C=C/C(CF)N1C(=O)c2ccccc2C1=O. The number of amides is 2. The standard InChI is InChI=1S/C15H16FNO3/c1-2-20-9-5-6-11(10-16)17-14(18)12-7-3-4-8-13(12)15(17)19/h3-8,11H,2,9-10H2,1H3/b6-5+. The lowest BCUT2D eigenvalue weighted by molar-refractivity contribution is 0.0595. The highest BCUT2D eigenvalue weighted by molar-refractivity contribution is 6.21. The quantitative estimate of drug-likeness (QED) is 0.455. The monoisotopic (exact) mass is 277 g/mol. The highest BCUT2D eigenvalue weighted by Crippen LogP contribution is 2.25. The van der Waals surface area contributed by atoms with Gasteiger partial charge >= 0.3 is 0 Å². The average Bonchev–Trinajstić information content (AvgIpc) is 2.73. The molecular weight excluding hydrogens is 261 g/mol. The van der Waals surface area contributed by atoms with Crippen molar-refractivity contribution in [2.75, 3.05) is 19.9 Å². The van der Waals surface area contributed by atoms with Crippen molar-refractivity contribution in [2.45, 2.75) is 13.0 Å². The fourth-order valence-electron chi connectivity index (χ4n) is 2.11. The maximum atomic E-state index is 13.2. The van der Waals surface area contributed by atoms with Crippen LogP contribution in [-0.4, -0.2) is 42.6 Å². The number of fused-ring (bicyclic) bond motifs is 1. The Balaban J connectivity index is 2.18. The van der Waals surface area contributed by atoms with E-state index in [1.165, 1.54) is 6.08 Å². The largest absolute Gasteiger partial charge is 0.378 e. The van der Waals surface area contributed by atoms with Gasteiger partial charge in [-0.15, -0.1) is 0 Å². The summed E-state index contributed by atoms with van der Waals surface area (Å²) in [6.07, 6.45) is 3.12. The van der Waals surface area contributed by atoms with Crippen LogP contribution in [0, 0.1) is 0 Å². The summed E-state index contributed by atoms with van der Waals surface area (Å²) < 4.78 is 18.3. The molecule has 0 saturated heterocycles. The molecule has 4 nitrogen and oxygen atoms in total. The number of hydrogen-bond donors (Lipinski definition) is 0. The van der Waals surface area contributed by atoms with E-state index in [0.717, 1.165) is 4.90 Å². The molecule has 0 aliphatic carbocycles. The van der Waals surface area contributed by atoms with Crippen molar-refractivity contribution in [3.05, 3.63) is 47.5 Å². The summed E-state index contributed by atoms with van der Waals surface area (Å²) in [5.41, 5.74) is 0.656. The smallest absolute Gasteiger partial charge is 0.262 e. The third-order valence-electron chi connectivity index (χ3n) is 3.09. The Morgan fingerprint density at radius 2 is 1.85 bits per heavy atom. The molecule has 1 aromatic rings. The van der Waals surface area contributed by atoms with E-state index in [4.69, 9.17) is 4.74 Å². The van der Waals surface area contributed by atoms with Gasteiger partial charge in [0.1, 0.15) is 6.67 Å². The number of carbonyl (C=O) groups is 2. The molecular formula is C15H16FNO3. The molecule has 1 aliphatic heterocycles. The maximum Gasteiger partial charge on any atom is 0.262 e. The van der Waals surface area contributed by atoms with Gasteiger partial charge in [-0.3, -0.25) is 14.5 Å². The molecule has 0 N–H and O–H groups in total. The lowest BCUT2D eigenvalue weighted by Crippen LogP contribution is -2.40. The number of ether oxygens (including phenoxy) is 1. The third kappa shape index (κ3) is 2.63. The summed E-state index contributed by atoms with van der Waals surface area (Å²) in [6.45, 7) is 1.92. The Morgan fingerprint density at radius 1 is 1.25 bits per heavy atom. The lowest BCUT2D eigenvalue weighted by Gasteiger charge is -2.20. The highest BCUT2D eigenvalue weighted by Gasteiger charge is 2.38. The molecule has 1 heterocycles. The predicted octanol–water partition coefficient (Wildman–Crippen LogP) is 2.21. The van der Waals surface area contributed by atoms with E-state index < -0.39 is 24.5 Å². The zero-order chi connectivity index (χ0) is 14.5. The molecule has 2 amide bonds. The minimum absolute atomic E-state index is 0.328. The van der Waals surface area contributed by atoms with Crippen LogP contribution in [0.5, 0.6) is 0 Å². The summed E-state index contributed by atoms with van der Waals surface area (Å²) in [6, 6.07) is 5.64. The Morgan fingerprint density at radius 3 is 2.35 bits per heavy atom. The van der Waals surface area contributed by atoms with E-state index in [2.05, 4.69) is 0 Å². The first-order chi connectivity index (χ1) is 9.70. The zero-order valence-corrected chi connectivity index (χ0v) is 11.2. The van der Waals surface area contributed by atoms with E-state index in [1.807, 2.05) is 6.92 Å². The molecule has 1 aromatic carbocycles. The minimum atomic E-state index is -0.886. The van der Waals surface area contributed by atoms with Crippen molar-refractivity contribution in [2.24, 2.45) is 0 Å². The number of rotatable bonds is 6. The summed E-state index contributed by atoms with van der Waals surface area (Å²) >= 11 is 0. The molecule has 0 aromatic heterocycles. The van der Waals surface area contributed by atoms with Gasteiger partial charge in [-0.1, -0.05) is 24.3 Å². The van der Waals surface area contributed by atoms with Crippen LogP contribution < -0.4 is 0 Å². The third-order valence-corrected chi connectivity index (χ3v) is 3.09. The molecule has 1 aliphatic rings. The van der Waals surface area contributed by atoms with Crippen molar-refractivity contribution in [1.29, 1.82) is 0 Å². The van der Waals surface area contributed by atoms with Crippen LogP contribution in [-0.2, 0) is 4.74 Å². The van der Waals surface area contributed by atoms with Gasteiger partial charge in [0.2, 0.25) is 0 Å². The Kier molecular flexibility index (Phi) is 4.63. The normalized spacial score (nSPS) is 16.0. The summed E-state index contributed by atoms with van der Waals surface area (Å²) in [5.74, 6) is -0.899. The fourth-order valence-corrected chi connectivity index (χ4v) is 2.11. The van der Waals surface area contributed by atoms with Gasteiger partial charge in [0.25, 0.3) is 11.8 Å². The van der Waals surface area contributed by atoms with E-state index in [9.17, 15) is 14.0 Å². The molecule has 2 rings (SSSR count). The number of nitrogens with zero attached hydrogens (tertiary/aromatic N) is 1. The fraction of sp³-hybridized carbons (Fsp3) is 0.333. The zero-order valence-electron chi connectivity index (χ0n) is 11.2. The van der Waals surface area contributed by atoms with Gasteiger partial charge < -0.3 is 4.74 Å². The Labute approximate surface area is 116 Å². The first-order valence-corrected chi connectivity index (χ1v) is 6.48. The van der Waals surface area contributed by atoms with Gasteiger partial charge in [-0.05, 0) is 19.1 Å². The van der Waals surface area contributed by atoms with Gasteiger partial charge in [0.15, 0.2) is 0 Å². The van der Waals surface area contributed by atoms with Gasteiger partial charge in [-0.25, -0.2) is 4.39 Å². The number of halogens is 1. The van der Waals surface area contributed by atoms with Crippen LogP contribution in [0.25, 0.3) is 0 Å². The number of alkyl halides is 1. The second-order valence-corrected chi connectivity index (χ2v) is 4.34. The molecule has 20 heavy (non-hydrogen) atoms. The molecule has 0 radical (unpaired) electrons. The van der Waals surface area contributed by atoms with E-state index in [0.29, 0.717) is 24.3 Å². The summed E-state index contributed by atoms with van der Waals surface area (Å²) in [5, 5.41) is 0. The first kappa shape index (κ1) is 14.4. The van der Waals surface area contributed by atoms with Crippen molar-refractivity contribution >= 4 is 11.8 Å². The van der Waals surface area contributed by atoms with Crippen LogP contribution in [0.2, 0.25) is 0 Å². The molecule has 0 bridgehead atoms. The molecule has 1 atom stereocenters. The van der Waals surface area contributed by atoms with E-state index >= 15 is 0 Å². The average molecular weight is 277 g/mol. The number of carbonyl (C=O) groups excluding carboxylic acids is 2. The van der Waals surface area contributed by atoms with Gasteiger partial charge in [-0.2, -0.15) is 0 Å². The summed E-state index contributed by atoms with van der Waals surface area (Å²) in [4.78, 5) is 25.3. The Bertz CT molecular complexity index is 507. The number of imide groups is 1. The van der Waals surface area contributed by atoms with Crippen LogP contribution >= 0.6 is 0 Å². The second kappa shape index (κ2) is 6.43. The molecule has 0 spiro atoms. The van der Waals surface area contributed by atoms with Crippen LogP contribution in [0.15, 0.2) is 36.4 Å². The van der Waals surface area contributed by atoms with Crippen molar-refractivity contribution in [3.63, 3.8) is 0 Å². The molecule has 0 fully saturated rings. The highest BCUT2D eigenvalue weighted by atomic mass is 19.1. The topological polar surface area (TPSA) is 46.6 Å². The molecule has 106 valence electrons. The lowest BCUT2D eigenvalue weighted by atomic mass is 10.1. The van der Waals surface area contributed by atoms with E-state index in [1.54, 1.807) is 30.3 Å². The number of benzene rings is 1. The number of hydrogen-bond acceptors (Lipinski definition) is 3. The summed E-state index contributed by atoms with van der Waals surface area (Å²) in [7, 11) is 0. The molecule has 5 heteroatoms. The minimum Gasteiger partial charge on any atom is -0.378 e. The van der Waals surface area contributed by atoms with Gasteiger partial charge in [0, 0.05) is 6.61 Å². The van der Waals surface area contributed by atoms with Crippen molar-refractivity contribution < 1.29 is 18.7 Å². The van der Waals surface area contributed by atoms with Crippen LogP contribution in [0.1, 0.15) is 27.6 Å². The molecule has 0 saturated carbocycles. The van der Waals surface area contributed by atoms with Crippen molar-refractivity contribution in [3.8, 4) is 0 Å². The first-order valence-electron chi connectivity index (χ1n) is 6.48. The Hall–Kier alpha value is -2.01. The van der Waals surface area contributed by atoms with Crippen LogP contribution in [0.4, 0.5) is 4.39 Å². The van der Waals surface area contributed by atoms with Crippen molar-refractivity contribution in [1.82, 2.24) is 4.90 Å². The predicted molar refractivity (Wildman–Crippen MR) is 72.3 cm³/mol. The maximum absolute atomic E-state index is 13.2. The second-order valence-electron chi connectivity index (χ2n) is 4.34.